The van der Waals surface area contributed by atoms with E-state index in [4.69, 9.17) is 9.84 Å². The van der Waals surface area contributed by atoms with Gasteiger partial charge in [-0.3, -0.25) is 4.79 Å². The molecule has 0 saturated heterocycles. The smallest absolute Gasteiger partial charge is 0.293 e. The fourth-order valence-electron chi connectivity index (χ4n) is 1.74. The second-order valence-electron chi connectivity index (χ2n) is 4.73. The monoisotopic (exact) mass is 286 g/mol. The Morgan fingerprint density at radius 2 is 1.95 bits per heavy atom. The van der Waals surface area contributed by atoms with Crippen LogP contribution < -0.4 is 4.74 Å². The van der Waals surface area contributed by atoms with E-state index < -0.39 is 0 Å². The van der Waals surface area contributed by atoms with Crippen molar-refractivity contribution in [3.05, 3.63) is 59.0 Å². The first-order valence-electron chi connectivity index (χ1n) is 6.81. The third-order valence-electron chi connectivity index (χ3n) is 2.99. The van der Waals surface area contributed by atoms with Crippen molar-refractivity contribution < 1.29 is 19.4 Å². The molecule has 0 amide bonds. The fraction of sp³-hybridized carbons (Fsp3) is 0.235. The summed E-state index contributed by atoms with van der Waals surface area (Å²) in [6.45, 7) is 2.33. The summed E-state index contributed by atoms with van der Waals surface area (Å²) in [7, 11) is 0. The van der Waals surface area contributed by atoms with Gasteiger partial charge >= 0.3 is 0 Å². The second kappa shape index (κ2) is 7.45. The Morgan fingerprint density at radius 3 is 2.43 bits per heavy atom. The molecule has 21 heavy (non-hydrogen) atoms. The first-order valence-corrected chi connectivity index (χ1v) is 6.81. The van der Waals surface area contributed by atoms with Gasteiger partial charge in [0.15, 0.2) is 0 Å². The van der Waals surface area contributed by atoms with Crippen molar-refractivity contribution in [2.45, 2.75) is 19.4 Å². The van der Waals surface area contributed by atoms with Crippen LogP contribution in [-0.2, 0) is 9.53 Å². The van der Waals surface area contributed by atoms with E-state index in [1.165, 1.54) is 10.4 Å². The number of aliphatic hydroxyl groups excluding tert-OH is 1. The molecule has 0 saturated carbocycles. The maximum Gasteiger partial charge on any atom is 0.293 e. The molecular weight excluding hydrogens is 268 g/mol. The number of carbonyl (C=O) groups excluding carboxylic acids is 1. The van der Waals surface area contributed by atoms with E-state index in [0.717, 1.165) is 11.5 Å². The van der Waals surface area contributed by atoms with Gasteiger partial charge in [0.1, 0.15) is 11.5 Å². The van der Waals surface area contributed by atoms with Crippen molar-refractivity contribution >= 4 is 6.47 Å². The predicted molar refractivity (Wildman–Crippen MR) is 78.9 cm³/mol. The average Bonchev–Trinajstić information content (AvgIpc) is 2.46. The molecule has 3 rings (SSSR count). The minimum atomic E-state index is -0.380. The molecule has 110 valence electrons. The Morgan fingerprint density at radius 1 is 1.19 bits per heavy atom. The highest BCUT2D eigenvalue weighted by Crippen LogP contribution is 2.28. The van der Waals surface area contributed by atoms with Crippen LogP contribution in [0.2, 0.25) is 0 Å². The summed E-state index contributed by atoms with van der Waals surface area (Å²) in [6, 6.07) is 16.1. The molecule has 4 heteroatoms. The molecule has 2 aliphatic carbocycles. The van der Waals surface area contributed by atoms with Gasteiger partial charge < -0.3 is 14.6 Å². The second-order valence-corrected chi connectivity index (χ2v) is 4.73. The van der Waals surface area contributed by atoms with Gasteiger partial charge in [-0.1, -0.05) is 30.3 Å². The van der Waals surface area contributed by atoms with Crippen molar-refractivity contribution in [1.29, 1.82) is 0 Å². The first-order chi connectivity index (χ1) is 10.2. The molecule has 0 aliphatic heterocycles. The van der Waals surface area contributed by atoms with Crippen LogP contribution in [-0.4, -0.2) is 24.3 Å². The number of benzene rings is 2. The molecule has 0 aromatic heterocycles. The van der Waals surface area contributed by atoms with Crippen LogP contribution in [0.5, 0.6) is 11.5 Å². The van der Waals surface area contributed by atoms with E-state index >= 15 is 0 Å². The van der Waals surface area contributed by atoms with Crippen LogP contribution in [0.4, 0.5) is 0 Å². The summed E-state index contributed by atoms with van der Waals surface area (Å²) >= 11 is 0. The standard InChI is InChI=1S/C12H8O.C5H10O3/c1-2-4-10(5-3-1)13-12-8-9-6-7-11(9)12;1-5(7)2-3-8-4-6/h1-8H;4-5,7H,2-3H2,1H3. The van der Waals surface area contributed by atoms with Gasteiger partial charge in [0.2, 0.25) is 0 Å². The molecule has 0 heterocycles. The van der Waals surface area contributed by atoms with Crippen LogP contribution in [0.3, 0.4) is 0 Å². The zero-order chi connectivity index (χ0) is 15.1. The van der Waals surface area contributed by atoms with Gasteiger partial charge in [0.25, 0.3) is 6.47 Å². The zero-order valence-corrected chi connectivity index (χ0v) is 11.9. The molecule has 1 atom stereocenters. The van der Waals surface area contributed by atoms with E-state index in [1.807, 2.05) is 30.3 Å². The van der Waals surface area contributed by atoms with Crippen molar-refractivity contribution in [3.63, 3.8) is 0 Å². The zero-order valence-electron chi connectivity index (χ0n) is 11.9. The van der Waals surface area contributed by atoms with E-state index in [9.17, 15) is 4.79 Å². The summed E-state index contributed by atoms with van der Waals surface area (Å²) in [5.41, 5.74) is 0. The molecule has 0 spiro atoms. The highest BCUT2D eigenvalue weighted by Gasteiger charge is 2.07. The first kappa shape index (κ1) is 15.1. The van der Waals surface area contributed by atoms with E-state index in [1.54, 1.807) is 6.92 Å². The number of carbonyl (C=O) groups is 1. The summed E-state index contributed by atoms with van der Waals surface area (Å²) in [5, 5.41) is 11.1. The molecular formula is C17H18O4. The third kappa shape index (κ3) is 4.33. The SMILES string of the molecule is CC(O)CCOC=O.c1ccc(Oc2cc3ccc2=3)cc1. The van der Waals surface area contributed by atoms with Crippen LogP contribution in [0.1, 0.15) is 13.3 Å². The fourth-order valence-corrected chi connectivity index (χ4v) is 1.74. The molecule has 1 N–H and O–H groups in total. The molecule has 0 radical (unpaired) electrons. The lowest BCUT2D eigenvalue weighted by molar-refractivity contribution is -0.129. The highest BCUT2D eigenvalue weighted by atomic mass is 16.5. The Hall–Kier alpha value is -2.33. The summed E-state index contributed by atoms with van der Waals surface area (Å²) in [5.74, 6) is 1.89. The van der Waals surface area contributed by atoms with Gasteiger partial charge in [0.05, 0.1) is 12.7 Å². The normalized spacial score (nSPS) is 11.7. The van der Waals surface area contributed by atoms with E-state index in [-0.39, 0.29) is 6.10 Å². The van der Waals surface area contributed by atoms with Crippen molar-refractivity contribution in [1.82, 2.24) is 0 Å². The lowest BCUT2D eigenvalue weighted by Crippen LogP contribution is -2.04. The van der Waals surface area contributed by atoms with Gasteiger partial charge in [-0.05, 0) is 30.3 Å². The van der Waals surface area contributed by atoms with Crippen molar-refractivity contribution in [3.8, 4) is 11.5 Å². The number of aliphatic hydroxyl groups is 1. The quantitative estimate of drug-likeness (QED) is 0.559. The lowest BCUT2D eigenvalue weighted by Gasteiger charge is -2.12. The molecule has 4 nitrogen and oxygen atoms in total. The van der Waals surface area contributed by atoms with Crippen LogP contribution in [0.15, 0.2) is 48.5 Å². The average molecular weight is 286 g/mol. The minimum absolute atomic E-state index is 0.307. The van der Waals surface area contributed by atoms with Gasteiger partial charge in [-0.2, -0.15) is 0 Å². The molecule has 1 unspecified atom stereocenters. The van der Waals surface area contributed by atoms with Crippen LogP contribution in [0, 0.1) is 10.4 Å². The molecule has 1 aromatic rings. The van der Waals surface area contributed by atoms with Gasteiger partial charge in [0, 0.05) is 11.6 Å². The molecule has 1 aromatic carbocycles. The minimum Gasteiger partial charge on any atom is -0.468 e. The maximum atomic E-state index is 9.48. The lowest BCUT2D eigenvalue weighted by atomic mass is 10.1. The summed E-state index contributed by atoms with van der Waals surface area (Å²) in [6.07, 6.45) is 0.133. The largest absolute Gasteiger partial charge is 0.468 e. The number of para-hydroxylation sites is 1. The Kier molecular flexibility index (Phi) is 5.35. The number of ether oxygens (including phenoxy) is 2. The molecule has 0 bridgehead atoms. The van der Waals surface area contributed by atoms with Crippen molar-refractivity contribution in [2.75, 3.05) is 6.61 Å². The Labute approximate surface area is 123 Å². The molecule has 0 fully saturated rings. The van der Waals surface area contributed by atoms with Crippen LogP contribution >= 0.6 is 0 Å². The number of hydrogen-bond donors (Lipinski definition) is 1. The van der Waals surface area contributed by atoms with Gasteiger partial charge in [-0.15, -0.1) is 0 Å². The van der Waals surface area contributed by atoms with Crippen LogP contribution in [0.25, 0.3) is 0 Å². The predicted octanol–water partition coefficient (Wildman–Crippen LogP) is 3.01. The van der Waals surface area contributed by atoms with E-state index in [0.29, 0.717) is 19.5 Å². The van der Waals surface area contributed by atoms with E-state index in [2.05, 4.69) is 22.9 Å². The van der Waals surface area contributed by atoms with Crippen molar-refractivity contribution in [2.24, 2.45) is 0 Å². The summed E-state index contributed by atoms with van der Waals surface area (Å²) < 4.78 is 9.94. The number of hydrogen-bond acceptors (Lipinski definition) is 4. The summed E-state index contributed by atoms with van der Waals surface area (Å²) in [4.78, 5) is 9.48. The Bertz CT molecular complexity index is 665. The highest BCUT2D eigenvalue weighted by molar-refractivity contribution is 5.41. The molecule has 2 aliphatic rings. The van der Waals surface area contributed by atoms with Gasteiger partial charge in [-0.25, -0.2) is 0 Å². The third-order valence-corrected chi connectivity index (χ3v) is 2.99. The number of rotatable bonds is 6. The topological polar surface area (TPSA) is 55.8 Å². The Balaban J connectivity index is 0.000000177. The maximum absolute atomic E-state index is 9.48.